The SMILES string of the molecule is CC1CCCN(C(=O)CCNC(=O)c2cccc(NC(=O)NC(C)C)c2)C1. The third kappa shape index (κ3) is 6.92. The summed E-state index contributed by atoms with van der Waals surface area (Å²) in [4.78, 5) is 38.2. The van der Waals surface area contributed by atoms with Gasteiger partial charge in [0.15, 0.2) is 0 Å². The molecule has 1 aromatic carbocycles. The van der Waals surface area contributed by atoms with Crippen LogP contribution in [0.5, 0.6) is 0 Å². The predicted octanol–water partition coefficient (Wildman–Crippen LogP) is 2.59. The summed E-state index contributed by atoms with van der Waals surface area (Å²) in [5.74, 6) is 0.366. The molecule has 1 fully saturated rings. The summed E-state index contributed by atoms with van der Waals surface area (Å²) in [5.41, 5.74) is 0.982. The number of nitrogens with zero attached hydrogens (tertiary/aromatic N) is 1. The summed E-state index contributed by atoms with van der Waals surface area (Å²) in [6, 6.07) is 6.43. The van der Waals surface area contributed by atoms with Crippen LogP contribution in [-0.2, 0) is 4.79 Å². The van der Waals surface area contributed by atoms with Gasteiger partial charge in [0.05, 0.1) is 0 Å². The van der Waals surface area contributed by atoms with Gasteiger partial charge in [0, 0.05) is 43.3 Å². The number of rotatable bonds is 6. The number of nitrogens with one attached hydrogen (secondary N) is 3. The van der Waals surface area contributed by atoms with E-state index in [4.69, 9.17) is 0 Å². The highest BCUT2D eigenvalue weighted by atomic mass is 16.2. The van der Waals surface area contributed by atoms with E-state index < -0.39 is 0 Å². The molecule has 4 amide bonds. The van der Waals surface area contributed by atoms with Crippen molar-refractivity contribution in [3.05, 3.63) is 29.8 Å². The Hall–Kier alpha value is -2.57. The highest BCUT2D eigenvalue weighted by Crippen LogP contribution is 2.16. The van der Waals surface area contributed by atoms with Crippen molar-refractivity contribution in [3.63, 3.8) is 0 Å². The van der Waals surface area contributed by atoms with E-state index in [9.17, 15) is 14.4 Å². The lowest BCUT2D eigenvalue weighted by molar-refractivity contribution is -0.132. The molecule has 0 aliphatic carbocycles. The Kier molecular flexibility index (Phi) is 7.64. The van der Waals surface area contributed by atoms with E-state index in [1.165, 1.54) is 6.42 Å². The number of likely N-dealkylation sites (tertiary alicyclic amines) is 1. The number of piperidine rings is 1. The van der Waals surface area contributed by atoms with Crippen molar-refractivity contribution >= 4 is 23.5 Å². The largest absolute Gasteiger partial charge is 0.352 e. The first kappa shape index (κ1) is 20.7. The Morgan fingerprint density at radius 3 is 2.74 bits per heavy atom. The number of urea groups is 1. The van der Waals surface area contributed by atoms with Crippen LogP contribution in [0.3, 0.4) is 0 Å². The normalized spacial score (nSPS) is 16.7. The van der Waals surface area contributed by atoms with Crippen molar-refractivity contribution < 1.29 is 14.4 Å². The van der Waals surface area contributed by atoms with Gasteiger partial charge in [-0.3, -0.25) is 9.59 Å². The first-order chi connectivity index (χ1) is 12.8. The molecule has 7 nitrogen and oxygen atoms in total. The number of anilines is 1. The van der Waals surface area contributed by atoms with E-state index in [-0.39, 0.29) is 23.9 Å². The van der Waals surface area contributed by atoms with E-state index in [2.05, 4.69) is 22.9 Å². The molecular weight excluding hydrogens is 344 g/mol. The molecule has 0 spiro atoms. The Morgan fingerprint density at radius 1 is 1.26 bits per heavy atom. The number of carbonyl (C=O) groups excluding carboxylic acids is 3. The van der Waals surface area contributed by atoms with Crippen LogP contribution in [0.2, 0.25) is 0 Å². The van der Waals surface area contributed by atoms with Gasteiger partial charge < -0.3 is 20.9 Å². The van der Waals surface area contributed by atoms with E-state index >= 15 is 0 Å². The van der Waals surface area contributed by atoms with Crippen molar-refractivity contribution in [3.8, 4) is 0 Å². The fraction of sp³-hybridized carbons (Fsp3) is 0.550. The zero-order valence-corrected chi connectivity index (χ0v) is 16.4. The van der Waals surface area contributed by atoms with Crippen molar-refractivity contribution in [2.45, 2.75) is 46.1 Å². The topological polar surface area (TPSA) is 90.5 Å². The molecule has 27 heavy (non-hydrogen) atoms. The molecule has 148 valence electrons. The second kappa shape index (κ2) is 9.94. The van der Waals surface area contributed by atoms with E-state index in [1.54, 1.807) is 24.3 Å². The van der Waals surface area contributed by atoms with E-state index in [0.29, 0.717) is 30.1 Å². The Morgan fingerprint density at radius 2 is 2.04 bits per heavy atom. The lowest BCUT2D eigenvalue weighted by atomic mass is 10.00. The summed E-state index contributed by atoms with van der Waals surface area (Å²) in [7, 11) is 0. The maximum Gasteiger partial charge on any atom is 0.319 e. The molecule has 1 atom stereocenters. The molecular formula is C20H30N4O3. The average molecular weight is 374 g/mol. The number of benzene rings is 1. The van der Waals surface area contributed by atoms with Crippen molar-refractivity contribution in [1.82, 2.24) is 15.5 Å². The molecule has 7 heteroatoms. The van der Waals surface area contributed by atoms with Gasteiger partial charge in [-0.2, -0.15) is 0 Å². The zero-order valence-electron chi connectivity index (χ0n) is 16.4. The van der Waals surface area contributed by atoms with Crippen LogP contribution in [0, 0.1) is 5.92 Å². The summed E-state index contributed by atoms with van der Waals surface area (Å²) >= 11 is 0. The average Bonchev–Trinajstić information content (AvgIpc) is 2.61. The monoisotopic (exact) mass is 374 g/mol. The van der Waals surface area contributed by atoms with Gasteiger partial charge in [-0.15, -0.1) is 0 Å². The minimum atomic E-state index is -0.316. The summed E-state index contributed by atoms with van der Waals surface area (Å²) in [6.45, 7) is 7.81. The molecule has 1 aliphatic rings. The van der Waals surface area contributed by atoms with Gasteiger partial charge in [0.2, 0.25) is 5.91 Å². The second-order valence-electron chi connectivity index (χ2n) is 7.43. The first-order valence-electron chi connectivity index (χ1n) is 9.58. The van der Waals surface area contributed by atoms with Crippen LogP contribution in [0.15, 0.2) is 24.3 Å². The molecule has 1 aliphatic heterocycles. The highest BCUT2D eigenvalue weighted by Gasteiger charge is 2.20. The Balaban J connectivity index is 1.81. The number of carbonyl (C=O) groups is 3. The third-order valence-electron chi connectivity index (χ3n) is 4.44. The predicted molar refractivity (Wildman–Crippen MR) is 106 cm³/mol. The number of hydrogen-bond donors (Lipinski definition) is 3. The molecule has 0 saturated carbocycles. The Labute approximate surface area is 160 Å². The van der Waals surface area contributed by atoms with Gasteiger partial charge in [0.1, 0.15) is 0 Å². The maximum atomic E-state index is 12.3. The van der Waals surface area contributed by atoms with Gasteiger partial charge in [0.25, 0.3) is 5.91 Å². The summed E-state index contributed by atoms with van der Waals surface area (Å²) in [6.07, 6.45) is 2.51. The standard InChI is InChI=1S/C20H30N4O3/c1-14(2)22-20(27)23-17-8-4-7-16(12-17)19(26)21-10-9-18(25)24-11-5-6-15(3)13-24/h4,7-8,12,14-15H,5-6,9-11,13H2,1-3H3,(H,21,26)(H2,22,23,27). The summed E-state index contributed by atoms with van der Waals surface area (Å²) in [5, 5.41) is 8.21. The third-order valence-corrected chi connectivity index (χ3v) is 4.44. The maximum absolute atomic E-state index is 12.3. The Bertz CT molecular complexity index is 675. The zero-order chi connectivity index (χ0) is 19.8. The van der Waals surface area contributed by atoms with Crippen LogP contribution in [-0.4, -0.2) is 48.4 Å². The minimum absolute atomic E-state index is 0.0249. The lowest BCUT2D eigenvalue weighted by Gasteiger charge is -2.31. The van der Waals surface area contributed by atoms with Crippen LogP contribution in [0.1, 0.15) is 50.4 Å². The highest BCUT2D eigenvalue weighted by molar-refractivity contribution is 5.97. The molecule has 2 rings (SSSR count). The number of hydrogen-bond acceptors (Lipinski definition) is 3. The molecule has 3 N–H and O–H groups in total. The van der Waals surface area contributed by atoms with Gasteiger partial charge >= 0.3 is 6.03 Å². The second-order valence-corrected chi connectivity index (χ2v) is 7.43. The van der Waals surface area contributed by atoms with Crippen LogP contribution < -0.4 is 16.0 Å². The van der Waals surface area contributed by atoms with Crippen LogP contribution in [0.25, 0.3) is 0 Å². The fourth-order valence-electron chi connectivity index (χ4n) is 3.13. The quantitative estimate of drug-likeness (QED) is 0.715. The van der Waals surface area contributed by atoms with E-state index in [0.717, 1.165) is 19.5 Å². The van der Waals surface area contributed by atoms with Crippen molar-refractivity contribution in [1.29, 1.82) is 0 Å². The van der Waals surface area contributed by atoms with Crippen LogP contribution >= 0.6 is 0 Å². The van der Waals surface area contributed by atoms with Gasteiger partial charge in [-0.05, 0) is 50.8 Å². The molecule has 1 unspecified atom stereocenters. The van der Waals surface area contributed by atoms with Gasteiger partial charge in [-0.25, -0.2) is 4.79 Å². The first-order valence-corrected chi connectivity index (χ1v) is 9.58. The molecule has 0 radical (unpaired) electrons. The molecule has 1 heterocycles. The van der Waals surface area contributed by atoms with Crippen molar-refractivity contribution in [2.75, 3.05) is 25.0 Å². The molecule has 1 aromatic rings. The number of amides is 4. The minimum Gasteiger partial charge on any atom is -0.352 e. The molecule has 1 saturated heterocycles. The van der Waals surface area contributed by atoms with E-state index in [1.807, 2.05) is 18.7 Å². The molecule has 0 aromatic heterocycles. The smallest absolute Gasteiger partial charge is 0.319 e. The summed E-state index contributed by atoms with van der Waals surface area (Å²) < 4.78 is 0. The van der Waals surface area contributed by atoms with Crippen molar-refractivity contribution in [2.24, 2.45) is 5.92 Å². The molecule has 0 bridgehead atoms. The lowest BCUT2D eigenvalue weighted by Crippen LogP contribution is -2.40. The van der Waals surface area contributed by atoms with Gasteiger partial charge in [-0.1, -0.05) is 13.0 Å². The fourth-order valence-corrected chi connectivity index (χ4v) is 3.13. The van der Waals surface area contributed by atoms with Crippen LogP contribution in [0.4, 0.5) is 10.5 Å².